The van der Waals surface area contributed by atoms with Crippen molar-refractivity contribution in [1.29, 1.82) is 0 Å². The van der Waals surface area contributed by atoms with E-state index in [0.29, 0.717) is 6.61 Å². The Kier molecular flexibility index (Phi) is 4.26. The lowest BCUT2D eigenvalue weighted by atomic mass is 9.82. The zero-order chi connectivity index (χ0) is 11.4. The molecular formula is C14H27NO. The lowest BCUT2D eigenvalue weighted by Gasteiger charge is -2.33. The minimum atomic E-state index is 0.0864. The standard InChI is InChI=1S/C14H27NO/c1-12-4-6-13(7-5-12)10-15-14(11-16)8-2-3-9-14/h12-13,15-16H,2-11H2,1H3. The van der Waals surface area contributed by atoms with Crippen LogP contribution < -0.4 is 5.32 Å². The number of aliphatic hydroxyl groups is 1. The molecule has 2 nitrogen and oxygen atoms in total. The summed E-state index contributed by atoms with van der Waals surface area (Å²) in [4.78, 5) is 0. The highest BCUT2D eigenvalue weighted by molar-refractivity contribution is 4.92. The summed E-state index contributed by atoms with van der Waals surface area (Å²) in [6.07, 6.45) is 10.5. The van der Waals surface area contributed by atoms with Crippen LogP contribution in [0.15, 0.2) is 0 Å². The lowest BCUT2D eigenvalue weighted by molar-refractivity contribution is 0.151. The molecule has 0 radical (unpaired) electrons. The second kappa shape index (κ2) is 5.50. The van der Waals surface area contributed by atoms with Gasteiger partial charge in [-0.05, 0) is 44.1 Å². The van der Waals surface area contributed by atoms with E-state index < -0.39 is 0 Å². The molecule has 0 amide bonds. The van der Waals surface area contributed by atoms with Gasteiger partial charge in [0.05, 0.1) is 6.61 Å². The van der Waals surface area contributed by atoms with Crippen LogP contribution in [0.25, 0.3) is 0 Å². The van der Waals surface area contributed by atoms with Gasteiger partial charge in [-0.15, -0.1) is 0 Å². The Balaban J connectivity index is 1.73. The molecule has 2 fully saturated rings. The number of rotatable bonds is 4. The Bertz CT molecular complexity index is 203. The molecule has 0 atom stereocenters. The second-order valence-corrected chi connectivity index (χ2v) is 6.15. The van der Waals surface area contributed by atoms with Gasteiger partial charge in [0.25, 0.3) is 0 Å². The molecule has 94 valence electrons. The van der Waals surface area contributed by atoms with E-state index in [9.17, 15) is 5.11 Å². The molecule has 2 aliphatic carbocycles. The first-order chi connectivity index (χ1) is 7.74. The molecule has 16 heavy (non-hydrogen) atoms. The molecule has 2 rings (SSSR count). The highest BCUT2D eigenvalue weighted by Gasteiger charge is 2.33. The third-order valence-electron chi connectivity index (χ3n) is 4.76. The molecule has 0 heterocycles. The van der Waals surface area contributed by atoms with Crippen molar-refractivity contribution in [1.82, 2.24) is 5.32 Å². The Morgan fingerprint density at radius 2 is 1.75 bits per heavy atom. The van der Waals surface area contributed by atoms with Crippen LogP contribution >= 0.6 is 0 Å². The third kappa shape index (κ3) is 2.98. The largest absolute Gasteiger partial charge is 0.394 e. The van der Waals surface area contributed by atoms with E-state index in [0.717, 1.165) is 18.4 Å². The fourth-order valence-electron chi connectivity index (χ4n) is 3.34. The van der Waals surface area contributed by atoms with Gasteiger partial charge in [0, 0.05) is 5.54 Å². The Hall–Kier alpha value is -0.0800. The van der Waals surface area contributed by atoms with Crippen molar-refractivity contribution in [2.24, 2.45) is 11.8 Å². The minimum absolute atomic E-state index is 0.0864. The average molecular weight is 225 g/mol. The molecule has 2 heteroatoms. The van der Waals surface area contributed by atoms with E-state index in [-0.39, 0.29) is 5.54 Å². The maximum absolute atomic E-state index is 9.53. The molecule has 2 aliphatic rings. The normalized spacial score (nSPS) is 34.1. The van der Waals surface area contributed by atoms with Gasteiger partial charge in [-0.25, -0.2) is 0 Å². The zero-order valence-electron chi connectivity index (χ0n) is 10.7. The van der Waals surface area contributed by atoms with Crippen molar-refractivity contribution in [2.45, 2.75) is 63.8 Å². The monoisotopic (exact) mass is 225 g/mol. The van der Waals surface area contributed by atoms with Gasteiger partial charge in [0.2, 0.25) is 0 Å². The lowest BCUT2D eigenvalue weighted by Crippen LogP contribution is -2.48. The van der Waals surface area contributed by atoms with Gasteiger partial charge >= 0.3 is 0 Å². The van der Waals surface area contributed by atoms with Crippen LogP contribution in [0, 0.1) is 11.8 Å². The first-order valence-corrected chi connectivity index (χ1v) is 7.10. The molecule has 0 saturated heterocycles. The fourth-order valence-corrected chi connectivity index (χ4v) is 3.34. The van der Waals surface area contributed by atoms with Crippen molar-refractivity contribution in [3.8, 4) is 0 Å². The van der Waals surface area contributed by atoms with Gasteiger partial charge in [0.15, 0.2) is 0 Å². The Morgan fingerprint density at radius 1 is 1.12 bits per heavy atom. The van der Waals surface area contributed by atoms with Gasteiger partial charge in [-0.2, -0.15) is 0 Å². The minimum Gasteiger partial charge on any atom is -0.394 e. The zero-order valence-corrected chi connectivity index (χ0v) is 10.7. The van der Waals surface area contributed by atoms with Crippen LogP contribution in [0.4, 0.5) is 0 Å². The molecule has 0 aliphatic heterocycles. The van der Waals surface area contributed by atoms with Gasteiger partial charge in [-0.3, -0.25) is 0 Å². The summed E-state index contributed by atoms with van der Waals surface area (Å²) in [5.74, 6) is 1.80. The van der Waals surface area contributed by atoms with Crippen molar-refractivity contribution in [3.63, 3.8) is 0 Å². The molecule has 0 aromatic carbocycles. The van der Waals surface area contributed by atoms with Crippen molar-refractivity contribution in [3.05, 3.63) is 0 Å². The maximum atomic E-state index is 9.53. The van der Waals surface area contributed by atoms with E-state index in [1.807, 2.05) is 0 Å². The first-order valence-electron chi connectivity index (χ1n) is 7.10. The Morgan fingerprint density at radius 3 is 2.31 bits per heavy atom. The SMILES string of the molecule is CC1CCC(CNC2(CO)CCCC2)CC1. The number of aliphatic hydroxyl groups excluding tert-OH is 1. The summed E-state index contributed by atoms with van der Waals surface area (Å²) < 4.78 is 0. The van der Waals surface area contributed by atoms with Crippen LogP contribution in [0.3, 0.4) is 0 Å². The number of hydrogen-bond acceptors (Lipinski definition) is 2. The van der Waals surface area contributed by atoms with Gasteiger partial charge in [-0.1, -0.05) is 32.6 Å². The summed E-state index contributed by atoms with van der Waals surface area (Å²) in [6.45, 7) is 3.83. The topological polar surface area (TPSA) is 32.3 Å². The predicted octanol–water partition coefficient (Wildman–Crippen LogP) is 2.71. The first kappa shape index (κ1) is 12.4. The molecular weight excluding hydrogens is 198 g/mol. The van der Waals surface area contributed by atoms with E-state index in [2.05, 4.69) is 12.2 Å². The molecule has 0 aromatic rings. The second-order valence-electron chi connectivity index (χ2n) is 6.15. The highest BCUT2D eigenvalue weighted by atomic mass is 16.3. The van der Waals surface area contributed by atoms with Gasteiger partial charge < -0.3 is 10.4 Å². The summed E-state index contributed by atoms with van der Waals surface area (Å²) in [7, 11) is 0. The summed E-state index contributed by atoms with van der Waals surface area (Å²) in [5, 5.41) is 13.2. The maximum Gasteiger partial charge on any atom is 0.0613 e. The quantitative estimate of drug-likeness (QED) is 0.771. The molecule has 0 unspecified atom stereocenters. The Labute approximate surface area is 99.8 Å². The molecule has 2 N–H and O–H groups in total. The van der Waals surface area contributed by atoms with E-state index in [4.69, 9.17) is 0 Å². The van der Waals surface area contributed by atoms with E-state index in [1.165, 1.54) is 51.4 Å². The fraction of sp³-hybridized carbons (Fsp3) is 1.00. The van der Waals surface area contributed by atoms with Crippen LogP contribution in [-0.2, 0) is 0 Å². The molecule has 0 bridgehead atoms. The van der Waals surface area contributed by atoms with Crippen LogP contribution in [-0.4, -0.2) is 23.8 Å². The summed E-state index contributed by atoms with van der Waals surface area (Å²) in [6, 6.07) is 0. The molecule has 2 saturated carbocycles. The van der Waals surface area contributed by atoms with Crippen molar-refractivity contribution in [2.75, 3.05) is 13.2 Å². The third-order valence-corrected chi connectivity index (χ3v) is 4.76. The van der Waals surface area contributed by atoms with Crippen molar-refractivity contribution >= 4 is 0 Å². The van der Waals surface area contributed by atoms with Crippen LogP contribution in [0.2, 0.25) is 0 Å². The van der Waals surface area contributed by atoms with E-state index in [1.54, 1.807) is 0 Å². The molecule has 0 spiro atoms. The smallest absolute Gasteiger partial charge is 0.0613 e. The number of nitrogens with one attached hydrogen (secondary N) is 1. The van der Waals surface area contributed by atoms with E-state index >= 15 is 0 Å². The van der Waals surface area contributed by atoms with Crippen LogP contribution in [0.1, 0.15) is 58.3 Å². The predicted molar refractivity (Wildman–Crippen MR) is 67.4 cm³/mol. The number of hydrogen-bond donors (Lipinski definition) is 2. The average Bonchev–Trinajstić information content (AvgIpc) is 2.78. The van der Waals surface area contributed by atoms with Crippen LogP contribution in [0.5, 0.6) is 0 Å². The summed E-state index contributed by atoms with van der Waals surface area (Å²) in [5.41, 5.74) is 0.0864. The highest BCUT2D eigenvalue weighted by Crippen LogP contribution is 2.31. The molecule has 0 aromatic heterocycles. The summed E-state index contributed by atoms with van der Waals surface area (Å²) >= 11 is 0. The van der Waals surface area contributed by atoms with Gasteiger partial charge in [0.1, 0.15) is 0 Å². The van der Waals surface area contributed by atoms with Crippen molar-refractivity contribution < 1.29 is 5.11 Å².